The fraction of sp³-hybridized carbons (Fsp3) is 0.250. The number of halogens is 1. The Hall–Kier alpha value is -4.02. The van der Waals surface area contributed by atoms with Crippen LogP contribution in [-0.4, -0.2) is 40.0 Å². The zero-order valence-electron chi connectivity index (χ0n) is 16.6. The predicted molar refractivity (Wildman–Crippen MR) is 111 cm³/mol. The van der Waals surface area contributed by atoms with Crippen molar-refractivity contribution in [2.45, 2.75) is 32.7 Å². The highest BCUT2D eigenvalue weighted by molar-refractivity contribution is 6.28. The quantitative estimate of drug-likeness (QED) is 0.473. The minimum absolute atomic E-state index is 0.299. The van der Waals surface area contributed by atoms with E-state index >= 15 is 0 Å². The fourth-order valence-corrected chi connectivity index (χ4v) is 3.47. The van der Waals surface area contributed by atoms with Crippen LogP contribution in [0.15, 0.2) is 30.3 Å². The number of hydrogen-bond acceptors (Lipinski definition) is 7. The molecule has 0 saturated heterocycles. The van der Waals surface area contributed by atoms with Crippen LogP contribution in [0, 0.1) is 22.7 Å². The van der Waals surface area contributed by atoms with Crippen LogP contribution in [0.2, 0.25) is 5.28 Å². The molecular formula is C20H17ClN10. The van der Waals surface area contributed by atoms with Gasteiger partial charge in [-0.3, -0.25) is 4.57 Å². The van der Waals surface area contributed by atoms with E-state index < -0.39 is 0 Å². The highest BCUT2D eigenvalue weighted by atomic mass is 35.5. The molecule has 0 aliphatic carbocycles. The molecule has 0 unspecified atom stereocenters. The molecule has 1 N–H and O–H groups in total. The summed E-state index contributed by atoms with van der Waals surface area (Å²) in [5.41, 5.74) is 2.69. The van der Waals surface area contributed by atoms with Gasteiger partial charge in [0.05, 0.1) is 12.1 Å². The van der Waals surface area contributed by atoms with Crippen molar-refractivity contribution in [2.24, 2.45) is 0 Å². The van der Waals surface area contributed by atoms with Crippen molar-refractivity contribution < 1.29 is 0 Å². The van der Waals surface area contributed by atoms with Crippen molar-refractivity contribution in [3.8, 4) is 29.3 Å². The Kier molecular flexibility index (Phi) is 5.74. The average molecular weight is 433 g/mol. The SMILES string of the molecule is CCCCc1nc(Cl)n(Cc2ccc(-n3c(C#N)cc(C#N)c3-c3nnn[nH]3)cc2)n1. The first-order chi connectivity index (χ1) is 15.1. The van der Waals surface area contributed by atoms with Gasteiger partial charge >= 0.3 is 0 Å². The fourth-order valence-electron chi connectivity index (χ4n) is 3.27. The van der Waals surface area contributed by atoms with Crippen LogP contribution in [0.5, 0.6) is 0 Å². The standard InChI is InChI=1S/C20H17ClN10/c1-2-3-4-17-24-20(21)30(27-17)12-13-5-7-15(8-6-13)31-16(11-23)9-14(10-22)18(31)19-25-28-29-26-19/h5-9H,2-4,12H2,1H3,(H,25,26,28,29). The van der Waals surface area contributed by atoms with Gasteiger partial charge in [0.2, 0.25) is 5.28 Å². The Morgan fingerprint density at radius 2 is 1.97 bits per heavy atom. The van der Waals surface area contributed by atoms with E-state index in [4.69, 9.17) is 11.6 Å². The largest absolute Gasteiger partial charge is 0.297 e. The van der Waals surface area contributed by atoms with E-state index in [1.807, 2.05) is 24.3 Å². The normalized spacial score (nSPS) is 10.7. The van der Waals surface area contributed by atoms with Gasteiger partial charge < -0.3 is 0 Å². The number of H-pyrrole nitrogens is 1. The van der Waals surface area contributed by atoms with Gasteiger partial charge in [-0.05, 0) is 52.2 Å². The van der Waals surface area contributed by atoms with Gasteiger partial charge in [-0.25, -0.2) is 14.8 Å². The zero-order chi connectivity index (χ0) is 21.8. The number of unbranched alkanes of at least 4 members (excludes halogenated alkanes) is 1. The molecule has 154 valence electrons. The predicted octanol–water partition coefficient (Wildman–Crippen LogP) is 3.04. The van der Waals surface area contributed by atoms with E-state index in [-0.39, 0.29) is 0 Å². The monoisotopic (exact) mass is 432 g/mol. The molecule has 0 saturated carbocycles. The molecule has 0 aliphatic rings. The Bertz CT molecular complexity index is 1270. The Labute approximate surface area is 182 Å². The van der Waals surface area contributed by atoms with Gasteiger partial charge in [-0.1, -0.05) is 25.5 Å². The van der Waals surface area contributed by atoms with Crippen LogP contribution >= 0.6 is 11.6 Å². The molecule has 0 aliphatic heterocycles. The van der Waals surface area contributed by atoms with E-state index in [2.05, 4.69) is 49.8 Å². The number of tetrazole rings is 1. The molecule has 0 atom stereocenters. The Balaban J connectivity index is 1.65. The molecule has 4 aromatic rings. The van der Waals surface area contributed by atoms with Gasteiger partial charge in [0.25, 0.3) is 0 Å². The first-order valence-electron chi connectivity index (χ1n) is 9.63. The maximum atomic E-state index is 9.58. The van der Waals surface area contributed by atoms with Gasteiger partial charge in [0, 0.05) is 12.1 Å². The molecule has 31 heavy (non-hydrogen) atoms. The molecule has 11 heteroatoms. The van der Waals surface area contributed by atoms with E-state index in [1.165, 1.54) is 6.07 Å². The van der Waals surface area contributed by atoms with E-state index in [0.717, 1.165) is 30.7 Å². The second-order valence-corrected chi connectivity index (χ2v) is 7.16. The van der Waals surface area contributed by atoms with Gasteiger partial charge in [0.15, 0.2) is 11.6 Å². The second kappa shape index (κ2) is 8.78. The van der Waals surface area contributed by atoms with Crippen LogP contribution in [0.4, 0.5) is 0 Å². The summed E-state index contributed by atoms with van der Waals surface area (Å²) in [5, 5.41) is 37.6. The lowest BCUT2D eigenvalue weighted by Crippen LogP contribution is -2.04. The van der Waals surface area contributed by atoms with Gasteiger partial charge in [-0.2, -0.15) is 15.6 Å². The highest BCUT2D eigenvalue weighted by Crippen LogP contribution is 2.28. The molecule has 3 heterocycles. The number of nitrogens with zero attached hydrogens (tertiary/aromatic N) is 9. The maximum absolute atomic E-state index is 9.58. The molecule has 0 spiro atoms. The summed E-state index contributed by atoms with van der Waals surface area (Å²) in [7, 11) is 0. The summed E-state index contributed by atoms with van der Waals surface area (Å²) in [5.74, 6) is 1.04. The Morgan fingerprint density at radius 3 is 2.61 bits per heavy atom. The number of benzene rings is 1. The van der Waals surface area contributed by atoms with Crippen molar-refractivity contribution in [2.75, 3.05) is 0 Å². The number of hydrogen-bond donors (Lipinski definition) is 1. The summed E-state index contributed by atoms with van der Waals surface area (Å²) < 4.78 is 3.31. The number of aromatic amines is 1. The first kappa shape index (κ1) is 20.3. The van der Waals surface area contributed by atoms with E-state index in [9.17, 15) is 10.5 Å². The summed E-state index contributed by atoms with van der Waals surface area (Å²) in [4.78, 5) is 4.31. The molecule has 3 aromatic heterocycles. The average Bonchev–Trinajstić information content (AvgIpc) is 3.51. The van der Waals surface area contributed by atoms with Crippen molar-refractivity contribution in [1.82, 2.24) is 40.0 Å². The number of nitriles is 2. The smallest absolute Gasteiger partial charge is 0.221 e. The van der Waals surface area contributed by atoms with Crippen LogP contribution < -0.4 is 0 Å². The van der Waals surface area contributed by atoms with Crippen molar-refractivity contribution >= 4 is 11.6 Å². The third-order valence-corrected chi connectivity index (χ3v) is 5.04. The van der Waals surface area contributed by atoms with Gasteiger partial charge in [0.1, 0.15) is 23.5 Å². The summed E-state index contributed by atoms with van der Waals surface area (Å²) >= 11 is 6.23. The molecule has 1 aromatic carbocycles. The number of aryl methyl sites for hydroxylation is 1. The highest BCUT2D eigenvalue weighted by Gasteiger charge is 2.20. The zero-order valence-corrected chi connectivity index (χ0v) is 17.4. The molecule has 0 bridgehead atoms. The third kappa shape index (κ3) is 4.02. The molecule has 4 rings (SSSR count). The molecule has 0 amide bonds. The summed E-state index contributed by atoms with van der Waals surface area (Å²) in [6.45, 7) is 2.59. The van der Waals surface area contributed by atoms with Gasteiger partial charge in [-0.15, -0.1) is 5.10 Å². The topological polar surface area (TPSA) is 138 Å². The number of aromatic nitrogens is 8. The maximum Gasteiger partial charge on any atom is 0.221 e. The van der Waals surface area contributed by atoms with Crippen LogP contribution in [0.1, 0.15) is 42.4 Å². The van der Waals surface area contributed by atoms with Crippen LogP contribution in [0.25, 0.3) is 17.2 Å². The van der Waals surface area contributed by atoms with E-state index in [0.29, 0.717) is 40.3 Å². The van der Waals surface area contributed by atoms with Crippen molar-refractivity contribution in [3.05, 3.63) is 58.3 Å². The number of rotatable bonds is 7. The molecular weight excluding hydrogens is 416 g/mol. The molecule has 10 nitrogen and oxygen atoms in total. The van der Waals surface area contributed by atoms with Crippen LogP contribution in [-0.2, 0) is 13.0 Å². The lowest BCUT2D eigenvalue weighted by atomic mass is 10.2. The first-order valence-corrected chi connectivity index (χ1v) is 10.0. The molecule has 0 fully saturated rings. The van der Waals surface area contributed by atoms with Crippen molar-refractivity contribution in [1.29, 1.82) is 10.5 Å². The lowest BCUT2D eigenvalue weighted by molar-refractivity contribution is 0.661. The molecule has 0 radical (unpaired) electrons. The van der Waals surface area contributed by atoms with Crippen molar-refractivity contribution in [3.63, 3.8) is 0 Å². The van der Waals surface area contributed by atoms with E-state index in [1.54, 1.807) is 9.25 Å². The lowest BCUT2D eigenvalue weighted by Gasteiger charge is -2.10. The minimum Gasteiger partial charge on any atom is -0.297 e. The Morgan fingerprint density at radius 1 is 1.16 bits per heavy atom. The third-order valence-electron chi connectivity index (χ3n) is 4.76. The second-order valence-electron chi connectivity index (χ2n) is 6.83. The number of nitrogens with one attached hydrogen (secondary N) is 1. The minimum atomic E-state index is 0.299. The summed E-state index contributed by atoms with van der Waals surface area (Å²) in [6.07, 6.45) is 2.88. The summed E-state index contributed by atoms with van der Waals surface area (Å²) in [6, 6.07) is 13.3. The van der Waals surface area contributed by atoms with Crippen LogP contribution in [0.3, 0.4) is 0 Å².